The van der Waals surface area contributed by atoms with Gasteiger partial charge >= 0.3 is 0 Å². The monoisotopic (exact) mass is 245 g/mol. The van der Waals surface area contributed by atoms with E-state index in [1.165, 1.54) is 24.0 Å². The van der Waals surface area contributed by atoms with Crippen LogP contribution in [-0.2, 0) is 17.6 Å². The second kappa shape index (κ2) is 4.73. The van der Waals surface area contributed by atoms with Crippen LogP contribution in [0.2, 0.25) is 0 Å². The number of fused-ring (bicyclic) bond motifs is 1. The highest BCUT2D eigenvalue weighted by Gasteiger charge is 2.23. The molecule has 1 aliphatic carbocycles. The number of morpholine rings is 1. The predicted octanol–water partition coefficient (Wildman–Crippen LogP) is 2.04. The van der Waals surface area contributed by atoms with Crippen molar-refractivity contribution in [1.82, 2.24) is 4.90 Å². The van der Waals surface area contributed by atoms with Gasteiger partial charge in [0.05, 0.1) is 12.7 Å². The van der Waals surface area contributed by atoms with Gasteiger partial charge in [0.1, 0.15) is 0 Å². The van der Waals surface area contributed by atoms with Crippen molar-refractivity contribution in [3.05, 3.63) is 34.9 Å². The molecule has 0 aromatic heterocycles. The molecular weight excluding hydrogens is 226 g/mol. The van der Waals surface area contributed by atoms with E-state index in [9.17, 15) is 4.79 Å². The van der Waals surface area contributed by atoms with Crippen molar-refractivity contribution >= 4 is 5.91 Å². The van der Waals surface area contributed by atoms with Crippen LogP contribution in [0.3, 0.4) is 0 Å². The number of hydrogen-bond acceptors (Lipinski definition) is 2. The molecular formula is C15H19NO2. The Bertz CT molecular complexity index is 470. The molecule has 1 unspecified atom stereocenters. The lowest BCUT2D eigenvalue weighted by atomic mass is 10.1. The van der Waals surface area contributed by atoms with Gasteiger partial charge in [0.2, 0.25) is 0 Å². The van der Waals surface area contributed by atoms with Crippen molar-refractivity contribution in [3.8, 4) is 0 Å². The number of rotatable bonds is 1. The summed E-state index contributed by atoms with van der Waals surface area (Å²) >= 11 is 0. The number of aryl methyl sites for hydroxylation is 2. The van der Waals surface area contributed by atoms with Gasteiger partial charge in [0, 0.05) is 18.7 Å². The fourth-order valence-electron chi connectivity index (χ4n) is 2.89. The number of hydrogen-bond donors (Lipinski definition) is 0. The zero-order valence-corrected chi connectivity index (χ0v) is 10.8. The van der Waals surface area contributed by atoms with E-state index in [0.29, 0.717) is 19.7 Å². The summed E-state index contributed by atoms with van der Waals surface area (Å²) in [4.78, 5) is 14.3. The molecule has 18 heavy (non-hydrogen) atoms. The normalized spacial score (nSPS) is 22.9. The smallest absolute Gasteiger partial charge is 0.254 e. The fourth-order valence-corrected chi connectivity index (χ4v) is 2.89. The number of nitrogens with zero attached hydrogens (tertiary/aromatic N) is 1. The molecule has 3 heteroatoms. The first kappa shape index (κ1) is 11.7. The van der Waals surface area contributed by atoms with E-state index in [-0.39, 0.29) is 12.0 Å². The summed E-state index contributed by atoms with van der Waals surface area (Å²) in [6.45, 7) is 4.08. The lowest BCUT2D eigenvalue weighted by molar-refractivity contribution is -0.0124. The fraction of sp³-hybridized carbons (Fsp3) is 0.533. The molecule has 0 N–H and O–H groups in total. The molecule has 1 aromatic carbocycles. The number of carbonyl (C=O) groups excluding carboxylic acids is 1. The van der Waals surface area contributed by atoms with Crippen molar-refractivity contribution in [2.45, 2.75) is 32.3 Å². The Morgan fingerprint density at radius 1 is 1.33 bits per heavy atom. The Morgan fingerprint density at radius 3 is 3.00 bits per heavy atom. The summed E-state index contributed by atoms with van der Waals surface area (Å²) in [5.41, 5.74) is 3.62. The quantitative estimate of drug-likeness (QED) is 0.757. The minimum absolute atomic E-state index is 0.150. The zero-order valence-electron chi connectivity index (χ0n) is 10.8. The maximum Gasteiger partial charge on any atom is 0.254 e. The highest BCUT2D eigenvalue weighted by atomic mass is 16.5. The molecule has 1 aliphatic heterocycles. The molecule has 3 nitrogen and oxygen atoms in total. The molecule has 1 amide bonds. The standard InChI is InChI=1S/C15H19NO2/c1-11-10-16(7-8-18-11)15(17)14-6-5-12-3-2-4-13(12)9-14/h5-6,9,11H,2-4,7-8,10H2,1H3. The Hall–Kier alpha value is -1.35. The van der Waals surface area contributed by atoms with E-state index in [4.69, 9.17) is 4.74 Å². The first-order chi connectivity index (χ1) is 8.74. The van der Waals surface area contributed by atoms with Gasteiger partial charge in [0.25, 0.3) is 5.91 Å². The van der Waals surface area contributed by atoms with Gasteiger partial charge in [-0.05, 0) is 49.4 Å². The lowest BCUT2D eigenvalue weighted by Gasteiger charge is -2.31. The van der Waals surface area contributed by atoms with Crippen molar-refractivity contribution in [2.24, 2.45) is 0 Å². The largest absolute Gasteiger partial charge is 0.375 e. The maximum absolute atomic E-state index is 12.4. The van der Waals surface area contributed by atoms with E-state index in [2.05, 4.69) is 12.1 Å². The molecule has 2 aliphatic rings. The molecule has 1 fully saturated rings. The van der Waals surface area contributed by atoms with Gasteiger partial charge in [-0.1, -0.05) is 6.07 Å². The maximum atomic E-state index is 12.4. The Morgan fingerprint density at radius 2 is 2.17 bits per heavy atom. The van der Waals surface area contributed by atoms with Crippen LogP contribution in [0.15, 0.2) is 18.2 Å². The molecule has 0 radical (unpaired) electrons. The summed E-state index contributed by atoms with van der Waals surface area (Å²) in [6, 6.07) is 6.19. The topological polar surface area (TPSA) is 29.5 Å². The third kappa shape index (κ3) is 2.15. The first-order valence-corrected chi connectivity index (χ1v) is 6.77. The molecule has 0 spiro atoms. The molecule has 1 atom stereocenters. The van der Waals surface area contributed by atoms with Crippen LogP contribution in [0.4, 0.5) is 0 Å². The molecule has 1 aromatic rings. The Kier molecular flexibility index (Phi) is 3.08. The average molecular weight is 245 g/mol. The number of benzene rings is 1. The van der Waals surface area contributed by atoms with Crippen LogP contribution in [0.25, 0.3) is 0 Å². The summed E-state index contributed by atoms with van der Waals surface area (Å²) in [5, 5.41) is 0. The summed E-state index contributed by atoms with van der Waals surface area (Å²) < 4.78 is 5.47. The first-order valence-electron chi connectivity index (χ1n) is 6.77. The van der Waals surface area contributed by atoms with E-state index >= 15 is 0 Å². The van der Waals surface area contributed by atoms with Gasteiger partial charge in [-0.25, -0.2) is 0 Å². The van der Waals surface area contributed by atoms with Crippen molar-refractivity contribution < 1.29 is 9.53 Å². The highest BCUT2D eigenvalue weighted by Crippen LogP contribution is 2.23. The van der Waals surface area contributed by atoms with Gasteiger partial charge in [-0.15, -0.1) is 0 Å². The van der Waals surface area contributed by atoms with E-state index < -0.39 is 0 Å². The third-order valence-corrected chi connectivity index (χ3v) is 3.87. The average Bonchev–Trinajstić information content (AvgIpc) is 2.85. The van der Waals surface area contributed by atoms with E-state index in [1.807, 2.05) is 17.9 Å². The Balaban J connectivity index is 1.79. The zero-order chi connectivity index (χ0) is 12.5. The van der Waals surface area contributed by atoms with Gasteiger partial charge < -0.3 is 9.64 Å². The molecule has 0 bridgehead atoms. The number of carbonyl (C=O) groups is 1. The molecule has 1 heterocycles. The highest BCUT2D eigenvalue weighted by molar-refractivity contribution is 5.94. The van der Waals surface area contributed by atoms with Gasteiger partial charge in [-0.2, -0.15) is 0 Å². The third-order valence-electron chi connectivity index (χ3n) is 3.87. The molecule has 1 saturated heterocycles. The lowest BCUT2D eigenvalue weighted by Crippen LogP contribution is -2.44. The van der Waals surface area contributed by atoms with Crippen molar-refractivity contribution in [1.29, 1.82) is 0 Å². The summed E-state index contributed by atoms with van der Waals surface area (Å²) in [7, 11) is 0. The minimum atomic E-state index is 0.150. The molecule has 0 saturated carbocycles. The Labute approximate surface area is 108 Å². The SMILES string of the molecule is CC1CN(C(=O)c2ccc3c(c2)CCC3)CCO1. The van der Waals surface area contributed by atoms with Crippen molar-refractivity contribution in [3.63, 3.8) is 0 Å². The van der Waals surface area contributed by atoms with Crippen LogP contribution >= 0.6 is 0 Å². The van der Waals surface area contributed by atoms with Gasteiger partial charge in [0.15, 0.2) is 0 Å². The number of ether oxygens (including phenoxy) is 1. The predicted molar refractivity (Wildman–Crippen MR) is 69.8 cm³/mol. The van der Waals surface area contributed by atoms with Crippen LogP contribution in [0.5, 0.6) is 0 Å². The van der Waals surface area contributed by atoms with Crippen LogP contribution in [-0.4, -0.2) is 36.6 Å². The van der Waals surface area contributed by atoms with Crippen LogP contribution in [0, 0.1) is 0 Å². The second-order valence-electron chi connectivity index (χ2n) is 5.27. The van der Waals surface area contributed by atoms with E-state index in [1.54, 1.807) is 0 Å². The summed E-state index contributed by atoms with van der Waals surface area (Å²) in [5.74, 6) is 0.153. The molecule has 96 valence electrons. The van der Waals surface area contributed by atoms with E-state index in [0.717, 1.165) is 12.0 Å². The van der Waals surface area contributed by atoms with Crippen LogP contribution in [0.1, 0.15) is 34.8 Å². The summed E-state index contributed by atoms with van der Waals surface area (Å²) in [6.07, 6.45) is 3.66. The molecule has 3 rings (SSSR count). The van der Waals surface area contributed by atoms with Crippen LogP contribution < -0.4 is 0 Å². The minimum Gasteiger partial charge on any atom is -0.375 e. The second-order valence-corrected chi connectivity index (χ2v) is 5.27. The van der Waals surface area contributed by atoms with Gasteiger partial charge in [-0.3, -0.25) is 4.79 Å². The number of amides is 1. The van der Waals surface area contributed by atoms with Crippen molar-refractivity contribution in [2.75, 3.05) is 19.7 Å².